The zero-order valence-electron chi connectivity index (χ0n) is 8.58. The SMILES string of the molecule is Cc1nnc(Cc2cccc([N+](=O)[O-])c2)s1. The maximum atomic E-state index is 10.6. The third-order valence-electron chi connectivity index (χ3n) is 2.04. The number of nitro benzene ring substituents is 1. The van der Waals surface area contributed by atoms with Crippen LogP contribution >= 0.6 is 11.3 Å². The third kappa shape index (κ3) is 2.40. The Labute approximate surface area is 95.9 Å². The molecule has 0 saturated carbocycles. The van der Waals surface area contributed by atoms with E-state index in [1.807, 2.05) is 13.0 Å². The lowest BCUT2D eigenvalue weighted by atomic mass is 10.1. The van der Waals surface area contributed by atoms with Gasteiger partial charge in [-0.05, 0) is 12.5 Å². The molecule has 82 valence electrons. The van der Waals surface area contributed by atoms with Crippen molar-refractivity contribution < 1.29 is 4.92 Å². The first kappa shape index (κ1) is 10.7. The minimum absolute atomic E-state index is 0.110. The van der Waals surface area contributed by atoms with E-state index in [1.165, 1.54) is 17.4 Å². The van der Waals surface area contributed by atoms with Crippen molar-refractivity contribution in [3.63, 3.8) is 0 Å². The molecule has 2 rings (SSSR count). The van der Waals surface area contributed by atoms with Crippen LogP contribution in [-0.4, -0.2) is 15.1 Å². The fourth-order valence-electron chi connectivity index (χ4n) is 1.36. The number of aryl methyl sites for hydroxylation is 1. The summed E-state index contributed by atoms with van der Waals surface area (Å²) >= 11 is 1.50. The van der Waals surface area contributed by atoms with Crippen molar-refractivity contribution in [1.82, 2.24) is 10.2 Å². The van der Waals surface area contributed by atoms with Gasteiger partial charge in [-0.3, -0.25) is 10.1 Å². The van der Waals surface area contributed by atoms with Gasteiger partial charge in [0.1, 0.15) is 10.0 Å². The smallest absolute Gasteiger partial charge is 0.258 e. The first-order chi connectivity index (χ1) is 7.65. The summed E-state index contributed by atoms with van der Waals surface area (Å²) in [5.74, 6) is 0. The number of nitro groups is 1. The third-order valence-corrected chi connectivity index (χ3v) is 2.88. The van der Waals surface area contributed by atoms with E-state index in [-0.39, 0.29) is 5.69 Å². The predicted molar refractivity (Wildman–Crippen MR) is 60.5 cm³/mol. The van der Waals surface area contributed by atoms with Crippen molar-refractivity contribution in [3.8, 4) is 0 Å². The summed E-state index contributed by atoms with van der Waals surface area (Å²) in [6, 6.07) is 6.58. The van der Waals surface area contributed by atoms with Crippen LogP contribution in [0.4, 0.5) is 5.69 Å². The van der Waals surface area contributed by atoms with Gasteiger partial charge in [-0.1, -0.05) is 12.1 Å². The largest absolute Gasteiger partial charge is 0.269 e. The molecular weight excluding hydrogens is 226 g/mol. The fraction of sp³-hybridized carbons (Fsp3) is 0.200. The zero-order valence-corrected chi connectivity index (χ0v) is 9.40. The standard InChI is InChI=1S/C10H9N3O2S/c1-7-11-12-10(16-7)6-8-3-2-4-9(5-8)13(14)15/h2-5H,6H2,1H3. The van der Waals surface area contributed by atoms with Gasteiger partial charge >= 0.3 is 0 Å². The molecule has 2 aromatic rings. The van der Waals surface area contributed by atoms with Gasteiger partial charge in [0.25, 0.3) is 5.69 Å². The van der Waals surface area contributed by atoms with E-state index in [4.69, 9.17) is 0 Å². The van der Waals surface area contributed by atoms with Gasteiger partial charge in [-0.25, -0.2) is 0 Å². The molecule has 0 atom stereocenters. The van der Waals surface area contributed by atoms with Crippen LogP contribution < -0.4 is 0 Å². The van der Waals surface area contributed by atoms with Crippen LogP contribution in [0.2, 0.25) is 0 Å². The Balaban J connectivity index is 2.21. The molecule has 0 radical (unpaired) electrons. The second kappa shape index (κ2) is 4.36. The van der Waals surface area contributed by atoms with Gasteiger partial charge in [0.15, 0.2) is 0 Å². The molecule has 1 heterocycles. The molecule has 5 nitrogen and oxygen atoms in total. The summed E-state index contributed by atoms with van der Waals surface area (Å²) in [7, 11) is 0. The average Bonchev–Trinajstić information content (AvgIpc) is 2.64. The molecular formula is C10H9N3O2S. The molecule has 0 aliphatic heterocycles. The number of aromatic nitrogens is 2. The zero-order chi connectivity index (χ0) is 11.5. The lowest BCUT2D eigenvalue weighted by Crippen LogP contribution is -1.91. The maximum absolute atomic E-state index is 10.6. The van der Waals surface area contributed by atoms with E-state index < -0.39 is 4.92 Å². The number of hydrogen-bond acceptors (Lipinski definition) is 5. The Morgan fingerprint density at radius 3 is 2.88 bits per heavy atom. The van der Waals surface area contributed by atoms with Gasteiger partial charge < -0.3 is 0 Å². The van der Waals surface area contributed by atoms with Crippen molar-refractivity contribution in [2.24, 2.45) is 0 Å². The molecule has 0 unspecified atom stereocenters. The summed E-state index contributed by atoms with van der Waals surface area (Å²) in [6.45, 7) is 1.88. The highest BCUT2D eigenvalue weighted by Gasteiger charge is 2.07. The minimum Gasteiger partial charge on any atom is -0.258 e. The Bertz CT molecular complexity index is 524. The van der Waals surface area contributed by atoms with E-state index >= 15 is 0 Å². The highest BCUT2D eigenvalue weighted by Crippen LogP contribution is 2.18. The minimum atomic E-state index is -0.394. The van der Waals surface area contributed by atoms with Crippen molar-refractivity contribution >= 4 is 17.0 Å². The van der Waals surface area contributed by atoms with Crippen molar-refractivity contribution in [2.45, 2.75) is 13.3 Å². The number of rotatable bonds is 3. The molecule has 0 spiro atoms. The molecule has 6 heteroatoms. The molecule has 0 amide bonds. The molecule has 0 N–H and O–H groups in total. The van der Waals surface area contributed by atoms with Crippen LogP contribution in [0.5, 0.6) is 0 Å². The van der Waals surface area contributed by atoms with Crippen molar-refractivity contribution in [2.75, 3.05) is 0 Å². The normalized spacial score (nSPS) is 10.3. The number of nitrogens with zero attached hydrogens (tertiary/aromatic N) is 3. The van der Waals surface area contributed by atoms with E-state index in [0.29, 0.717) is 6.42 Å². The van der Waals surface area contributed by atoms with E-state index in [0.717, 1.165) is 15.6 Å². The monoisotopic (exact) mass is 235 g/mol. The Kier molecular flexibility index (Phi) is 2.91. The summed E-state index contributed by atoms with van der Waals surface area (Å²) < 4.78 is 0. The molecule has 0 aliphatic rings. The molecule has 0 bridgehead atoms. The van der Waals surface area contributed by atoms with Crippen LogP contribution in [0.1, 0.15) is 15.6 Å². The van der Waals surface area contributed by atoms with Crippen LogP contribution in [0.3, 0.4) is 0 Å². The summed E-state index contributed by atoms with van der Waals surface area (Å²) in [4.78, 5) is 10.2. The lowest BCUT2D eigenvalue weighted by molar-refractivity contribution is -0.384. The summed E-state index contributed by atoms with van der Waals surface area (Å²) in [6.07, 6.45) is 0.590. The van der Waals surface area contributed by atoms with Gasteiger partial charge in [0, 0.05) is 18.6 Å². The van der Waals surface area contributed by atoms with E-state index in [2.05, 4.69) is 10.2 Å². The summed E-state index contributed by atoms with van der Waals surface area (Å²) in [5, 5.41) is 20.3. The van der Waals surface area contributed by atoms with Gasteiger partial charge in [-0.2, -0.15) is 0 Å². The fourth-order valence-corrected chi connectivity index (χ4v) is 2.11. The molecule has 0 fully saturated rings. The Morgan fingerprint density at radius 2 is 2.25 bits per heavy atom. The van der Waals surface area contributed by atoms with Crippen LogP contribution in [0, 0.1) is 17.0 Å². The van der Waals surface area contributed by atoms with Crippen molar-refractivity contribution in [1.29, 1.82) is 0 Å². The van der Waals surface area contributed by atoms with Crippen molar-refractivity contribution in [3.05, 3.63) is 50.0 Å². The van der Waals surface area contributed by atoms with Crippen LogP contribution in [-0.2, 0) is 6.42 Å². The summed E-state index contributed by atoms with van der Waals surface area (Å²) in [5.41, 5.74) is 0.990. The predicted octanol–water partition coefficient (Wildman–Crippen LogP) is 2.35. The number of non-ortho nitro benzene ring substituents is 1. The maximum Gasteiger partial charge on any atom is 0.269 e. The Morgan fingerprint density at radius 1 is 1.44 bits per heavy atom. The molecule has 0 saturated heterocycles. The number of benzene rings is 1. The second-order valence-electron chi connectivity index (χ2n) is 3.32. The van der Waals surface area contributed by atoms with Gasteiger partial charge in [0.05, 0.1) is 4.92 Å². The Hall–Kier alpha value is -1.82. The van der Waals surface area contributed by atoms with E-state index in [1.54, 1.807) is 12.1 Å². The molecule has 1 aromatic heterocycles. The first-order valence-corrected chi connectivity index (χ1v) is 5.49. The topological polar surface area (TPSA) is 68.9 Å². The highest BCUT2D eigenvalue weighted by molar-refractivity contribution is 7.11. The van der Waals surface area contributed by atoms with Crippen LogP contribution in [0.25, 0.3) is 0 Å². The first-order valence-electron chi connectivity index (χ1n) is 4.67. The van der Waals surface area contributed by atoms with Gasteiger partial charge in [0.2, 0.25) is 0 Å². The number of hydrogen-bond donors (Lipinski definition) is 0. The quantitative estimate of drug-likeness (QED) is 0.604. The molecule has 0 aliphatic carbocycles. The second-order valence-corrected chi connectivity index (χ2v) is 4.58. The highest BCUT2D eigenvalue weighted by atomic mass is 32.1. The lowest BCUT2D eigenvalue weighted by Gasteiger charge is -1.97. The molecule has 1 aromatic carbocycles. The molecule has 16 heavy (non-hydrogen) atoms. The van der Waals surface area contributed by atoms with Gasteiger partial charge in [-0.15, -0.1) is 21.5 Å². The average molecular weight is 235 g/mol. The van der Waals surface area contributed by atoms with E-state index in [9.17, 15) is 10.1 Å². The van der Waals surface area contributed by atoms with Crippen LogP contribution in [0.15, 0.2) is 24.3 Å².